The molecule has 662 valence electrons. The highest BCUT2D eigenvalue weighted by molar-refractivity contribution is 5.79. The van der Waals surface area contributed by atoms with Gasteiger partial charge in [-0.05, 0) is 278 Å². The molecule has 0 aromatic heterocycles. The van der Waals surface area contributed by atoms with Gasteiger partial charge in [0.15, 0.2) is 0 Å². The van der Waals surface area contributed by atoms with E-state index in [0.29, 0.717) is 41.2 Å². The van der Waals surface area contributed by atoms with E-state index in [0.717, 1.165) is 269 Å². The van der Waals surface area contributed by atoms with Crippen molar-refractivity contribution in [2.24, 2.45) is 207 Å². The summed E-state index contributed by atoms with van der Waals surface area (Å²) in [6.07, 6.45) is 20.4. The minimum Gasteiger partial charge on any atom is -0.381 e. The molecule has 0 N–H and O–H groups in total. The summed E-state index contributed by atoms with van der Waals surface area (Å²) in [7, 11) is 0. The standard InChI is InChI=1S/2C12H24O.C12H22O.C12H24.2C11H22O.C11H22.2C10H20O.2CH4/c1-9(2)11-8-13-7-6-12(11,5)10(3)4;1-8(2)11-6-7-13-10(5)12(11)9(3)4;1-8(2)11-6-5-10(13)7-12(11)9(3)4;1-9(2)11-7-5-6-8-12(11)10(3)4;2*1-8(2)10-5-6-12-7-11(10)9(3)4;1-8(2)10-6-5-7-11(10)9(3)4;1-7(2)9-5-11-6-10(9)8(3)4;1-7(2)9-5-6-11-10(9)8(3)4;;/h9-11H,6-8H2,1-5H3;8-12H,6-7H2,1-5H3;8-9,11-12H,5-7H2,1-4H3;9-12H,5-8H2,1-4H3;2*8-11H,5-7H2,1-4H3;8-11H,5-7H2,1-4H3;2*7-10H,5-6H2,1-4H3;2*1H4. The van der Waals surface area contributed by atoms with Crippen molar-refractivity contribution < 1.29 is 33.2 Å². The maximum atomic E-state index is 11.3. The lowest BCUT2D eigenvalue weighted by molar-refractivity contribution is -0.123. The van der Waals surface area contributed by atoms with Crippen LogP contribution in [0.4, 0.5) is 0 Å². The molecule has 0 spiro atoms. The van der Waals surface area contributed by atoms with Crippen LogP contribution in [0.15, 0.2) is 0 Å². The summed E-state index contributed by atoms with van der Waals surface area (Å²) in [5.41, 5.74) is 0.492. The minimum absolute atomic E-state index is 0. The largest absolute Gasteiger partial charge is 0.381 e. The van der Waals surface area contributed by atoms with Gasteiger partial charge in [0.1, 0.15) is 5.78 Å². The van der Waals surface area contributed by atoms with Gasteiger partial charge in [0, 0.05) is 72.3 Å². The van der Waals surface area contributed by atoms with E-state index in [1.54, 1.807) is 0 Å². The van der Waals surface area contributed by atoms with Crippen LogP contribution in [0.25, 0.3) is 0 Å². The third-order valence-electron chi connectivity index (χ3n) is 29.9. The molecule has 19 unspecified atom stereocenters. The van der Waals surface area contributed by atoms with Gasteiger partial charge in [-0.25, -0.2) is 0 Å². The van der Waals surface area contributed by atoms with Crippen LogP contribution in [-0.4, -0.2) is 84.1 Å². The fraction of sp³-hybridized carbons (Fsp3) is 0.990. The van der Waals surface area contributed by atoms with Gasteiger partial charge in [-0.1, -0.05) is 290 Å². The molecule has 9 rings (SSSR count). The highest BCUT2D eigenvalue weighted by Gasteiger charge is 2.42. The lowest BCUT2D eigenvalue weighted by Crippen LogP contribution is -2.43. The van der Waals surface area contributed by atoms with E-state index in [9.17, 15) is 4.79 Å². The van der Waals surface area contributed by atoms with Crippen LogP contribution in [0.2, 0.25) is 0 Å². The maximum absolute atomic E-state index is 11.3. The number of ether oxygens (including phenoxy) is 6. The normalized spacial score (nSPS) is 32.0. The maximum Gasteiger partial charge on any atom is 0.133 e. The third kappa shape index (κ3) is 38.7. The van der Waals surface area contributed by atoms with Gasteiger partial charge in [-0.3, -0.25) is 4.79 Å². The number of ketones is 1. The van der Waals surface area contributed by atoms with Crippen molar-refractivity contribution in [2.45, 2.75) is 386 Å². The number of rotatable bonds is 18. The molecule has 9 fully saturated rings. The molecule has 110 heavy (non-hydrogen) atoms. The van der Waals surface area contributed by atoms with Gasteiger partial charge in [0.05, 0.1) is 18.8 Å². The zero-order valence-electron chi connectivity index (χ0n) is 80.3. The second kappa shape index (κ2) is 57.6. The van der Waals surface area contributed by atoms with Gasteiger partial charge in [-0.15, -0.1) is 0 Å². The highest BCUT2D eigenvalue weighted by Crippen LogP contribution is 2.47. The van der Waals surface area contributed by atoms with E-state index >= 15 is 0 Å². The Hall–Kier alpha value is -0.570. The predicted molar refractivity (Wildman–Crippen MR) is 487 cm³/mol. The highest BCUT2D eigenvalue weighted by atomic mass is 16.5. The van der Waals surface area contributed by atoms with Crippen LogP contribution in [0, 0.1) is 207 Å². The summed E-state index contributed by atoms with van der Waals surface area (Å²) in [6.45, 7) is 98.2. The second-order valence-corrected chi connectivity index (χ2v) is 43.4. The van der Waals surface area contributed by atoms with E-state index in [4.69, 9.17) is 28.4 Å². The Kier molecular flexibility index (Phi) is 58.3. The topological polar surface area (TPSA) is 72.5 Å². The van der Waals surface area contributed by atoms with Crippen LogP contribution in [0.1, 0.15) is 374 Å². The number of carbonyl (C=O) groups is 1. The molecular formula is C103H208O7. The van der Waals surface area contributed by atoms with Crippen molar-refractivity contribution in [3.63, 3.8) is 0 Å². The van der Waals surface area contributed by atoms with E-state index in [1.807, 2.05) is 0 Å². The molecular weight excluding hydrogens is 1350 g/mol. The van der Waals surface area contributed by atoms with Crippen molar-refractivity contribution in [1.82, 2.24) is 0 Å². The van der Waals surface area contributed by atoms with Gasteiger partial charge < -0.3 is 28.4 Å². The average molecular weight is 1560 g/mol. The van der Waals surface area contributed by atoms with Crippen molar-refractivity contribution in [1.29, 1.82) is 0 Å². The van der Waals surface area contributed by atoms with Crippen LogP contribution in [0.5, 0.6) is 0 Å². The van der Waals surface area contributed by atoms with Gasteiger partial charge in [0.25, 0.3) is 0 Å². The van der Waals surface area contributed by atoms with E-state index in [2.05, 4.69) is 263 Å². The summed E-state index contributed by atoms with van der Waals surface area (Å²) in [4.78, 5) is 11.3. The lowest BCUT2D eigenvalue weighted by atomic mass is 9.63. The number of hydrogen-bond donors (Lipinski definition) is 0. The zero-order chi connectivity index (χ0) is 82.8. The minimum atomic E-state index is 0. The summed E-state index contributed by atoms with van der Waals surface area (Å²) < 4.78 is 33.5. The molecule has 3 saturated carbocycles. The molecule has 0 amide bonds. The number of hydrogen-bond acceptors (Lipinski definition) is 7. The Morgan fingerprint density at radius 3 is 0.882 bits per heavy atom. The smallest absolute Gasteiger partial charge is 0.133 e. The first-order valence-electron chi connectivity index (χ1n) is 47.4. The first kappa shape index (κ1) is 111. The summed E-state index contributed by atoms with van der Waals surface area (Å²) in [5.74, 6) is 28.4. The number of carbonyl (C=O) groups excluding carboxylic acids is 1. The van der Waals surface area contributed by atoms with Gasteiger partial charge in [0.2, 0.25) is 0 Å². The molecule has 6 saturated heterocycles. The van der Waals surface area contributed by atoms with E-state index in [-0.39, 0.29) is 14.9 Å². The molecule has 0 aromatic rings. The van der Waals surface area contributed by atoms with Crippen molar-refractivity contribution in [3.8, 4) is 0 Å². The Balaban J connectivity index is 0. The molecule has 0 bridgehead atoms. The monoisotopic (exact) mass is 1560 g/mol. The molecule has 3 aliphatic carbocycles. The van der Waals surface area contributed by atoms with Crippen molar-refractivity contribution in [3.05, 3.63) is 0 Å². The van der Waals surface area contributed by atoms with E-state index < -0.39 is 0 Å². The fourth-order valence-corrected chi connectivity index (χ4v) is 22.1. The van der Waals surface area contributed by atoms with Gasteiger partial charge >= 0.3 is 0 Å². The van der Waals surface area contributed by atoms with E-state index in [1.165, 1.54) is 77.0 Å². The average Bonchev–Trinajstić information content (AvgIpc) is 0.958. The lowest BCUT2D eigenvalue weighted by Gasteiger charge is -2.46. The Morgan fingerprint density at radius 1 is 0.282 bits per heavy atom. The van der Waals surface area contributed by atoms with Crippen molar-refractivity contribution >= 4 is 5.78 Å². The van der Waals surface area contributed by atoms with Crippen molar-refractivity contribution in [2.75, 3.05) is 66.1 Å². The summed E-state index contributed by atoms with van der Waals surface area (Å²) in [6, 6.07) is 0. The Labute approximate surface area is 694 Å². The molecule has 19 atom stereocenters. The SMILES string of the molecule is C.C.CC(C)C1CCC(=O)CC1C(C)C.CC(C)C1CCCC1C(C)C.CC(C)C1CCCCC1C(C)C.CC(C)C1CCOC(C)C1C(C)C.CC(C)C1CCOC1C(C)C.CC(C)C1CCOCC1C(C)C.CC(C)C1CCOCC1C(C)C.CC(C)C1COCC1C(C)C.CC(C)C1COCCC1(C)C(C)C. The fourth-order valence-electron chi connectivity index (χ4n) is 22.1. The summed E-state index contributed by atoms with van der Waals surface area (Å²) >= 11 is 0. The molecule has 0 radical (unpaired) electrons. The molecule has 9 aliphatic rings. The van der Waals surface area contributed by atoms with Crippen LogP contribution < -0.4 is 0 Å². The van der Waals surface area contributed by atoms with Crippen LogP contribution in [0.3, 0.4) is 0 Å². The van der Waals surface area contributed by atoms with Crippen LogP contribution in [-0.2, 0) is 33.2 Å². The molecule has 6 heterocycles. The molecule has 6 aliphatic heterocycles. The second-order valence-electron chi connectivity index (χ2n) is 43.4. The molecule has 7 heteroatoms. The predicted octanol–water partition coefficient (Wildman–Crippen LogP) is 30.2. The molecule has 0 aromatic carbocycles. The quantitative estimate of drug-likeness (QED) is 0.135. The first-order chi connectivity index (χ1) is 50.3. The van der Waals surface area contributed by atoms with Crippen LogP contribution >= 0.6 is 0 Å². The number of Topliss-reactive ketones (excluding diaryl/α,β-unsaturated/α-hetero) is 1. The summed E-state index contributed by atoms with van der Waals surface area (Å²) in [5, 5.41) is 0. The third-order valence-corrected chi connectivity index (χ3v) is 29.9. The molecule has 7 nitrogen and oxygen atoms in total. The van der Waals surface area contributed by atoms with Gasteiger partial charge in [-0.2, -0.15) is 0 Å². The Morgan fingerprint density at radius 2 is 0.582 bits per heavy atom. The Bertz CT molecular complexity index is 1940. The zero-order valence-corrected chi connectivity index (χ0v) is 80.3. The first-order valence-corrected chi connectivity index (χ1v) is 47.4.